The number of carbonyl (C=O) groups excluding carboxylic acids is 3. The first-order valence-electron chi connectivity index (χ1n) is 8.92. The molecule has 1 aromatic carbocycles. The highest BCUT2D eigenvalue weighted by Gasteiger charge is 2.49. The Balaban J connectivity index is 1.72. The maximum Gasteiger partial charge on any atom is 0.406 e. The van der Waals surface area contributed by atoms with Gasteiger partial charge in [0.1, 0.15) is 12.3 Å². The summed E-state index contributed by atoms with van der Waals surface area (Å²) in [5.41, 5.74) is 0.943. The molecule has 2 aliphatic rings. The molecular formula is C18H20F3N3O4. The van der Waals surface area contributed by atoms with Gasteiger partial charge in [0.05, 0.1) is 13.3 Å². The number of carbonyl (C=O) groups is 3. The second-order valence-electron chi connectivity index (χ2n) is 6.64. The van der Waals surface area contributed by atoms with E-state index in [1.807, 2.05) is 36.1 Å². The third kappa shape index (κ3) is 4.11. The number of nitrogens with zero attached hydrogens (tertiary/aromatic N) is 3. The topological polar surface area (TPSA) is 70.2 Å². The van der Waals surface area contributed by atoms with Gasteiger partial charge in [0.25, 0.3) is 0 Å². The lowest BCUT2D eigenvalue weighted by atomic mass is 10.0. The van der Waals surface area contributed by atoms with Gasteiger partial charge in [-0.2, -0.15) is 13.2 Å². The molecule has 2 aliphatic heterocycles. The van der Waals surface area contributed by atoms with E-state index in [-0.39, 0.29) is 17.6 Å². The molecule has 0 saturated carbocycles. The number of halogens is 3. The van der Waals surface area contributed by atoms with Crippen molar-refractivity contribution in [3.8, 4) is 5.75 Å². The first-order chi connectivity index (χ1) is 13.2. The van der Waals surface area contributed by atoms with Crippen LogP contribution in [0.5, 0.6) is 5.75 Å². The van der Waals surface area contributed by atoms with E-state index in [9.17, 15) is 27.6 Å². The summed E-state index contributed by atoms with van der Waals surface area (Å²) in [5, 5.41) is 0. The van der Waals surface area contributed by atoms with Crippen molar-refractivity contribution in [1.82, 2.24) is 14.7 Å². The number of alkyl halides is 3. The number of imide groups is 2. The number of amides is 4. The molecule has 2 heterocycles. The third-order valence-electron chi connectivity index (χ3n) is 4.74. The first-order valence-corrected chi connectivity index (χ1v) is 8.92. The zero-order chi connectivity index (χ0) is 20.5. The summed E-state index contributed by atoms with van der Waals surface area (Å²) in [6.45, 7) is 0.976. The van der Waals surface area contributed by atoms with E-state index >= 15 is 0 Å². The first kappa shape index (κ1) is 20.1. The quantitative estimate of drug-likeness (QED) is 0.543. The highest BCUT2D eigenvalue weighted by atomic mass is 19.4. The maximum absolute atomic E-state index is 12.6. The average molecular weight is 399 g/mol. The number of ether oxygens (including phenoxy) is 1. The summed E-state index contributed by atoms with van der Waals surface area (Å²) < 4.78 is 43.2. The molecule has 1 atom stereocenters. The molecule has 0 aliphatic carbocycles. The van der Waals surface area contributed by atoms with E-state index in [1.165, 1.54) is 0 Å². The molecule has 1 aromatic rings. The van der Waals surface area contributed by atoms with Gasteiger partial charge >= 0.3 is 24.0 Å². The monoisotopic (exact) mass is 399 g/mol. The van der Waals surface area contributed by atoms with E-state index in [1.54, 1.807) is 0 Å². The van der Waals surface area contributed by atoms with Gasteiger partial charge in [-0.3, -0.25) is 14.5 Å². The van der Waals surface area contributed by atoms with Crippen LogP contribution in [0.2, 0.25) is 0 Å². The van der Waals surface area contributed by atoms with Crippen LogP contribution in [0.4, 0.5) is 18.0 Å². The van der Waals surface area contributed by atoms with Crippen molar-refractivity contribution in [2.75, 3.05) is 26.4 Å². The Morgan fingerprint density at radius 3 is 2.32 bits per heavy atom. The molecule has 4 amide bonds. The fourth-order valence-corrected chi connectivity index (χ4v) is 3.50. The van der Waals surface area contributed by atoms with Crippen LogP contribution in [0.25, 0.3) is 0 Å². The van der Waals surface area contributed by atoms with E-state index in [0.29, 0.717) is 23.8 Å². The molecule has 2 saturated heterocycles. The standard InChI is InChI=1S/C18H20F3N3O4/c1-2-28-13-7-5-12(6-8-13)14-4-3-9-22(14)11-24-16(26)15(25)23(17(24)27)10-18(19,20)21/h5-8,14H,2-4,9-11H2,1H3/t14-/m1/s1. The van der Waals surface area contributed by atoms with Crippen LogP contribution >= 0.6 is 0 Å². The van der Waals surface area contributed by atoms with Gasteiger partial charge in [-0.1, -0.05) is 12.1 Å². The molecule has 28 heavy (non-hydrogen) atoms. The Kier molecular flexibility index (Phi) is 5.59. The minimum Gasteiger partial charge on any atom is -0.494 e. The molecule has 2 fully saturated rings. The number of hydrogen-bond donors (Lipinski definition) is 0. The van der Waals surface area contributed by atoms with Crippen molar-refractivity contribution in [1.29, 1.82) is 0 Å². The summed E-state index contributed by atoms with van der Waals surface area (Å²) in [5.74, 6) is -1.96. The van der Waals surface area contributed by atoms with Gasteiger partial charge in [-0.15, -0.1) is 0 Å². The minimum absolute atomic E-state index is 0.0513. The number of likely N-dealkylation sites (tertiary alicyclic amines) is 1. The minimum atomic E-state index is -4.76. The molecule has 152 valence electrons. The van der Waals surface area contributed by atoms with Crippen molar-refractivity contribution in [2.24, 2.45) is 0 Å². The summed E-state index contributed by atoms with van der Waals surface area (Å²) in [6.07, 6.45) is -3.20. The Morgan fingerprint density at radius 2 is 1.71 bits per heavy atom. The largest absolute Gasteiger partial charge is 0.494 e. The third-order valence-corrected chi connectivity index (χ3v) is 4.74. The van der Waals surface area contributed by atoms with E-state index in [0.717, 1.165) is 18.4 Å². The molecule has 10 heteroatoms. The summed E-state index contributed by atoms with van der Waals surface area (Å²) >= 11 is 0. The van der Waals surface area contributed by atoms with E-state index in [2.05, 4.69) is 0 Å². The van der Waals surface area contributed by atoms with Crippen molar-refractivity contribution in [3.05, 3.63) is 29.8 Å². The van der Waals surface area contributed by atoms with Crippen molar-refractivity contribution in [2.45, 2.75) is 32.0 Å². The van der Waals surface area contributed by atoms with Crippen LogP contribution in [-0.4, -0.2) is 65.1 Å². The SMILES string of the molecule is CCOc1ccc([C@H]2CCCN2CN2C(=O)C(=O)N(CC(F)(F)F)C2=O)cc1. The number of rotatable bonds is 6. The predicted molar refractivity (Wildman–Crippen MR) is 91.2 cm³/mol. The lowest BCUT2D eigenvalue weighted by Crippen LogP contribution is -2.43. The lowest BCUT2D eigenvalue weighted by molar-refractivity contribution is -0.156. The molecule has 0 radical (unpaired) electrons. The summed E-state index contributed by atoms with van der Waals surface area (Å²) in [7, 11) is 0. The van der Waals surface area contributed by atoms with Gasteiger partial charge in [-0.05, 0) is 37.5 Å². The van der Waals surface area contributed by atoms with Crippen molar-refractivity contribution >= 4 is 17.8 Å². The Morgan fingerprint density at radius 1 is 1.07 bits per heavy atom. The van der Waals surface area contributed by atoms with Crippen LogP contribution in [0.3, 0.4) is 0 Å². The van der Waals surface area contributed by atoms with E-state index < -0.39 is 30.6 Å². The van der Waals surface area contributed by atoms with Crippen LogP contribution < -0.4 is 4.74 Å². The van der Waals surface area contributed by atoms with Crippen LogP contribution in [0.1, 0.15) is 31.4 Å². The maximum atomic E-state index is 12.6. The van der Waals surface area contributed by atoms with E-state index in [4.69, 9.17) is 4.74 Å². The van der Waals surface area contributed by atoms with Crippen LogP contribution in [0.15, 0.2) is 24.3 Å². The molecule has 0 aromatic heterocycles. The van der Waals surface area contributed by atoms with Crippen LogP contribution in [0, 0.1) is 0 Å². The lowest BCUT2D eigenvalue weighted by Gasteiger charge is -2.28. The van der Waals surface area contributed by atoms with Crippen molar-refractivity contribution in [3.63, 3.8) is 0 Å². The van der Waals surface area contributed by atoms with Gasteiger partial charge in [0, 0.05) is 12.6 Å². The molecule has 7 nitrogen and oxygen atoms in total. The highest BCUT2D eigenvalue weighted by molar-refractivity contribution is 6.44. The summed E-state index contributed by atoms with van der Waals surface area (Å²) in [4.78, 5) is 38.4. The Labute approximate surface area is 159 Å². The highest BCUT2D eigenvalue weighted by Crippen LogP contribution is 2.33. The predicted octanol–water partition coefficient (Wildman–Crippen LogP) is 2.53. The summed E-state index contributed by atoms with van der Waals surface area (Å²) in [6, 6.07) is 6.05. The normalized spacial score (nSPS) is 21.1. The molecule has 0 N–H and O–H groups in total. The fourth-order valence-electron chi connectivity index (χ4n) is 3.50. The van der Waals surface area contributed by atoms with Crippen LogP contribution in [-0.2, 0) is 9.59 Å². The van der Waals surface area contributed by atoms with Gasteiger partial charge in [0.15, 0.2) is 0 Å². The average Bonchev–Trinajstić information content (AvgIpc) is 3.17. The van der Waals surface area contributed by atoms with Gasteiger partial charge in [-0.25, -0.2) is 14.6 Å². The Hall–Kier alpha value is -2.62. The molecular weight excluding hydrogens is 379 g/mol. The zero-order valence-corrected chi connectivity index (χ0v) is 15.2. The second kappa shape index (κ2) is 7.78. The molecule has 3 rings (SSSR count). The Bertz CT molecular complexity index is 766. The van der Waals surface area contributed by atoms with Gasteiger partial charge < -0.3 is 4.74 Å². The number of hydrogen-bond acceptors (Lipinski definition) is 5. The second-order valence-corrected chi connectivity index (χ2v) is 6.64. The zero-order valence-electron chi connectivity index (χ0n) is 15.2. The van der Waals surface area contributed by atoms with Gasteiger partial charge in [0.2, 0.25) is 0 Å². The number of urea groups is 1. The smallest absolute Gasteiger partial charge is 0.406 e. The molecule has 0 unspecified atom stereocenters. The molecule has 0 spiro atoms. The fraction of sp³-hybridized carbons (Fsp3) is 0.500. The molecule has 0 bridgehead atoms. The number of benzene rings is 1. The van der Waals surface area contributed by atoms with Crippen molar-refractivity contribution < 1.29 is 32.3 Å².